The van der Waals surface area contributed by atoms with Crippen molar-refractivity contribution in [2.45, 2.75) is 0 Å². The molecule has 0 saturated carbocycles. The van der Waals surface area contributed by atoms with E-state index in [0.717, 1.165) is 93.9 Å². The van der Waals surface area contributed by atoms with E-state index in [0.29, 0.717) is 5.82 Å². The summed E-state index contributed by atoms with van der Waals surface area (Å²) in [6.07, 6.45) is 0. The van der Waals surface area contributed by atoms with Crippen molar-refractivity contribution in [3.05, 3.63) is 176 Å². The van der Waals surface area contributed by atoms with Gasteiger partial charge in [-0.15, -0.1) is 0 Å². The molecule has 5 heteroatoms. The maximum atomic E-state index is 5.35. The normalized spacial score (nSPS) is 11.7. The molecule has 0 spiro atoms. The van der Waals surface area contributed by atoms with Crippen molar-refractivity contribution in [3.63, 3.8) is 0 Å². The molecule has 4 heterocycles. The molecule has 11 rings (SSSR count). The minimum atomic E-state index is 0.600. The second kappa shape index (κ2) is 12.1. The maximum absolute atomic E-state index is 5.35. The van der Waals surface area contributed by atoms with Gasteiger partial charge in [0.05, 0.1) is 45.0 Å². The molecule has 250 valence electrons. The van der Waals surface area contributed by atoms with E-state index in [4.69, 9.17) is 24.9 Å². The van der Waals surface area contributed by atoms with E-state index >= 15 is 0 Å². The van der Waals surface area contributed by atoms with E-state index in [1.807, 2.05) is 54.6 Å². The molecular formula is C49H29N5. The predicted molar refractivity (Wildman–Crippen MR) is 222 cm³/mol. The molecule has 11 aromatic rings. The van der Waals surface area contributed by atoms with E-state index in [1.165, 1.54) is 10.8 Å². The van der Waals surface area contributed by atoms with Crippen LogP contribution in [0.25, 0.3) is 110 Å². The number of aromatic nitrogens is 5. The summed E-state index contributed by atoms with van der Waals surface area (Å²) < 4.78 is 0. The molecule has 0 unspecified atom stereocenters. The van der Waals surface area contributed by atoms with Crippen LogP contribution >= 0.6 is 0 Å². The van der Waals surface area contributed by atoms with Gasteiger partial charge in [-0.1, -0.05) is 127 Å². The molecule has 0 saturated heterocycles. The summed E-state index contributed by atoms with van der Waals surface area (Å²) in [5.74, 6) is 0.600. The Hall–Kier alpha value is -7.37. The Morgan fingerprint density at radius 2 is 0.833 bits per heavy atom. The van der Waals surface area contributed by atoms with Crippen LogP contribution in [0.4, 0.5) is 0 Å². The van der Waals surface area contributed by atoms with E-state index in [9.17, 15) is 0 Å². The summed E-state index contributed by atoms with van der Waals surface area (Å²) in [5, 5.41) is 10.0. The number of para-hydroxylation sites is 3. The van der Waals surface area contributed by atoms with Crippen molar-refractivity contribution in [1.29, 1.82) is 0 Å². The molecule has 0 aliphatic rings. The Balaban J connectivity index is 1.23. The van der Waals surface area contributed by atoms with Crippen LogP contribution in [0.1, 0.15) is 0 Å². The van der Waals surface area contributed by atoms with Crippen LogP contribution in [0.15, 0.2) is 176 Å². The molecule has 0 atom stereocenters. The van der Waals surface area contributed by atoms with Crippen molar-refractivity contribution in [3.8, 4) is 45.4 Å². The Bertz CT molecular complexity index is 3200. The van der Waals surface area contributed by atoms with Gasteiger partial charge in [-0.05, 0) is 70.1 Å². The van der Waals surface area contributed by atoms with Gasteiger partial charge in [-0.2, -0.15) is 0 Å². The van der Waals surface area contributed by atoms with Gasteiger partial charge in [0.15, 0.2) is 5.82 Å². The first-order valence-electron chi connectivity index (χ1n) is 18.1. The lowest BCUT2D eigenvalue weighted by atomic mass is 9.91. The summed E-state index contributed by atoms with van der Waals surface area (Å²) >= 11 is 0. The van der Waals surface area contributed by atoms with E-state index in [2.05, 4.69) is 121 Å². The average molecular weight is 688 g/mol. The van der Waals surface area contributed by atoms with Crippen LogP contribution in [0.2, 0.25) is 0 Å². The van der Waals surface area contributed by atoms with Gasteiger partial charge in [0.1, 0.15) is 0 Å². The zero-order chi connectivity index (χ0) is 35.6. The number of nitrogens with zero attached hydrogens (tertiary/aromatic N) is 5. The predicted octanol–water partition coefficient (Wildman–Crippen LogP) is 12.2. The van der Waals surface area contributed by atoms with Crippen LogP contribution in [0.3, 0.4) is 0 Å². The number of benzene rings is 7. The fourth-order valence-electron chi connectivity index (χ4n) is 7.80. The van der Waals surface area contributed by atoms with Crippen molar-refractivity contribution < 1.29 is 0 Å². The van der Waals surface area contributed by atoms with Crippen molar-refractivity contribution in [2.75, 3.05) is 0 Å². The molecule has 0 N–H and O–H groups in total. The fourth-order valence-corrected chi connectivity index (χ4v) is 7.80. The third kappa shape index (κ3) is 4.98. The van der Waals surface area contributed by atoms with E-state index in [-0.39, 0.29) is 0 Å². The minimum absolute atomic E-state index is 0.600. The highest BCUT2D eigenvalue weighted by molar-refractivity contribution is 6.25. The second-order valence-electron chi connectivity index (χ2n) is 13.7. The highest BCUT2D eigenvalue weighted by Gasteiger charge is 2.20. The summed E-state index contributed by atoms with van der Waals surface area (Å²) in [6.45, 7) is 0. The smallest absolute Gasteiger partial charge is 0.161 e. The molecule has 0 aliphatic heterocycles. The molecule has 7 aromatic carbocycles. The van der Waals surface area contributed by atoms with E-state index in [1.54, 1.807) is 0 Å². The summed E-state index contributed by atoms with van der Waals surface area (Å²) in [7, 11) is 0. The van der Waals surface area contributed by atoms with Gasteiger partial charge in [-0.3, -0.25) is 0 Å². The van der Waals surface area contributed by atoms with Crippen molar-refractivity contribution in [1.82, 2.24) is 24.9 Å². The lowest BCUT2D eigenvalue weighted by Gasteiger charge is -2.16. The van der Waals surface area contributed by atoms with Crippen LogP contribution in [-0.4, -0.2) is 24.9 Å². The van der Waals surface area contributed by atoms with Crippen molar-refractivity contribution >= 4 is 65.0 Å². The average Bonchev–Trinajstić information content (AvgIpc) is 3.25. The third-order valence-electron chi connectivity index (χ3n) is 10.4. The number of hydrogen-bond acceptors (Lipinski definition) is 5. The SMILES string of the molecule is c1ccc2cc(-c3nc4ccccc4c4c3cc(-c3nc(-c5ccc6ccccc6n5)cc(-c5ccc6ccccc6n5)n3)c3ccccc34)ccc2c1. The quantitative estimate of drug-likeness (QED) is 0.172. The lowest BCUT2D eigenvalue weighted by molar-refractivity contribution is 1.16. The van der Waals surface area contributed by atoms with Gasteiger partial charge in [0.2, 0.25) is 0 Å². The molecule has 5 nitrogen and oxygen atoms in total. The highest BCUT2D eigenvalue weighted by atomic mass is 14.9. The number of hydrogen-bond donors (Lipinski definition) is 0. The zero-order valence-electron chi connectivity index (χ0n) is 29.0. The summed E-state index contributed by atoms with van der Waals surface area (Å²) in [5.41, 5.74) is 8.68. The van der Waals surface area contributed by atoms with Gasteiger partial charge in [0.25, 0.3) is 0 Å². The first kappa shape index (κ1) is 30.3. The standard InChI is InChI=1S/C49H29N5/c1-2-14-33-27-34(22-21-30(33)11-1)48-39-28-38(35-15-5-6-16-36(35)47(39)37-17-7-10-20-42(37)52-48)49-53-45(43-25-23-31-12-3-8-18-40(31)50-43)29-46(54-49)44-26-24-32-13-4-9-19-41(32)51-44/h1-29H. The molecule has 4 aromatic heterocycles. The molecule has 54 heavy (non-hydrogen) atoms. The third-order valence-corrected chi connectivity index (χ3v) is 10.4. The van der Waals surface area contributed by atoms with Gasteiger partial charge >= 0.3 is 0 Å². The summed E-state index contributed by atoms with van der Waals surface area (Å²) in [4.78, 5) is 26.1. The molecule has 0 bridgehead atoms. The monoisotopic (exact) mass is 687 g/mol. The van der Waals surface area contributed by atoms with Crippen molar-refractivity contribution in [2.24, 2.45) is 0 Å². The Labute approximate surface area is 310 Å². The van der Waals surface area contributed by atoms with Crippen LogP contribution < -0.4 is 0 Å². The molecular weight excluding hydrogens is 659 g/mol. The van der Waals surface area contributed by atoms with Gasteiger partial charge in [-0.25, -0.2) is 24.9 Å². The molecule has 0 amide bonds. The van der Waals surface area contributed by atoms with E-state index < -0.39 is 0 Å². The molecule has 0 aliphatic carbocycles. The maximum Gasteiger partial charge on any atom is 0.161 e. The van der Waals surface area contributed by atoms with Gasteiger partial charge in [0, 0.05) is 38.1 Å². The number of pyridine rings is 3. The summed E-state index contributed by atoms with van der Waals surface area (Å²) in [6, 6.07) is 60.9. The second-order valence-corrected chi connectivity index (χ2v) is 13.7. The fraction of sp³-hybridized carbons (Fsp3) is 0. The van der Waals surface area contributed by atoms with Crippen LogP contribution in [-0.2, 0) is 0 Å². The molecule has 0 fully saturated rings. The Kier molecular flexibility index (Phi) is 6.79. The minimum Gasteiger partial charge on any atom is -0.247 e. The lowest BCUT2D eigenvalue weighted by Crippen LogP contribution is -2.00. The Morgan fingerprint density at radius 3 is 1.52 bits per heavy atom. The number of fused-ring (bicyclic) bond motifs is 8. The topological polar surface area (TPSA) is 64.5 Å². The highest BCUT2D eigenvalue weighted by Crippen LogP contribution is 2.42. The Morgan fingerprint density at radius 1 is 0.296 bits per heavy atom. The van der Waals surface area contributed by atoms with Gasteiger partial charge < -0.3 is 0 Å². The molecule has 0 radical (unpaired) electrons. The first-order valence-corrected chi connectivity index (χ1v) is 18.1. The van der Waals surface area contributed by atoms with Crippen LogP contribution in [0.5, 0.6) is 0 Å². The van der Waals surface area contributed by atoms with Crippen LogP contribution in [0, 0.1) is 0 Å². The first-order chi connectivity index (χ1) is 26.7. The number of rotatable bonds is 4. The largest absolute Gasteiger partial charge is 0.247 e. The zero-order valence-corrected chi connectivity index (χ0v) is 29.0.